The smallest absolute Gasteiger partial charge is 0.323 e. The Hall–Kier alpha value is -1.81. The topological polar surface area (TPSA) is 57.6 Å². The summed E-state index contributed by atoms with van der Waals surface area (Å²) in [5.41, 5.74) is 0.574. The summed E-state index contributed by atoms with van der Waals surface area (Å²) in [4.78, 5) is 25.0. The van der Waals surface area contributed by atoms with Gasteiger partial charge in [0, 0.05) is 17.1 Å². The van der Waals surface area contributed by atoms with Crippen LogP contribution in [-0.2, 0) is 9.59 Å². The quantitative estimate of drug-likeness (QED) is 0.184. The molecule has 0 radical (unpaired) electrons. The first-order valence-electron chi connectivity index (χ1n) is 12.0. The number of carboxylic acids is 1. The zero-order chi connectivity index (χ0) is 22.7. The van der Waals surface area contributed by atoms with Crippen LogP contribution in [0.3, 0.4) is 0 Å². The average Bonchev–Trinajstić information content (AvgIpc) is 2.75. The summed E-state index contributed by atoms with van der Waals surface area (Å²) in [6, 6.07) is 6.70. The number of allylic oxidation sites excluding steroid dienone is 2. The lowest BCUT2D eigenvalue weighted by Gasteiger charge is -2.21. The van der Waals surface area contributed by atoms with Gasteiger partial charge in [-0.3, -0.25) is 9.59 Å². The van der Waals surface area contributed by atoms with Gasteiger partial charge >= 0.3 is 5.97 Å². The maximum atomic E-state index is 12.5. The highest BCUT2D eigenvalue weighted by molar-refractivity contribution is 6.30. The van der Waals surface area contributed by atoms with Crippen molar-refractivity contribution in [3.8, 4) is 0 Å². The Labute approximate surface area is 193 Å². The van der Waals surface area contributed by atoms with E-state index in [1.54, 1.807) is 24.3 Å². The fourth-order valence-corrected chi connectivity index (χ4v) is 3.69. The number of carbonyl (C=O) groups excluding carboxylic acids is 1. The van der Waals surface area contributed by atoms with E-state index in [9.17, 15) is 9.59 Å². The minimum atomic E-state index is -1.02. The maximum Gasteiger partial charge on any atom is 0.323 e. The first-order chi connectivity index (χ1) is 15.0. The normalized spacial score (nSPS) is 11.2. The summed E-state index contributed by atoms with van der Waals surface area (Å²) in [6.45, 7) is 1.92. The number of halogens is 1. The van der Waals surface area contributed by atoms with Crippen molar-refractivity contribution < 1.29 is 14.7 Å². The molecule has 1 rings (SSSR count). The van der Waals surface area contributed by atoms with E-state index in [1.165, 1.54) is 62.7 Å². The molecule has 1 N–H and O–H groups in total. The van der Waals surface area contributed by atoms with E-state index >= 15 is 0 Å². The summed E-state index contributed by atoms with van der Waals surface area (Å²) < 4.78 is 0. The Morgan fingerprint density at radius 1 is 0.839 bits per heavy atom. The number of carbonyl (C=O) groups is 2. The largest absolute Gasteiger partial charge is 0.480 e. The fourth-order valence-electron chi connectivity index (χ4n) is 3.56. The molecule has 0 aliphatic heterocycles. The van der Waals surface area contributed by atoms with Crippen LogP contribution in [0.25, 0.3) is 0 Å². The van der Waals surface area contributed by atoms with Gasteiger partial charge in [-0.05, 0) is 56.4 Å². The van der Waals surface area contributed by atoms with Crippen LogP contribution in [0, 0.1) is 0 Å². The standard InChI is InChI=1S/C26H40ClNO3/c1-2-3-4-5-6-7-8-9-10-11-12-13-14-15-16-17-25(29)28(22-26(30)31)24-20-18-23(27)19-21-24/h9-10,18-21H,2-8,11-17,22H2,1H3,(H,30,31). The molecule has 0 atom stereocenters. The Bertz CT molecular complexity index is 643. The second-order valence-electron chi connectivity index (χ2n) is 8.18. The molecule has 0 saturated carbocycles. The van der Waals surface area contributed by atoms with E-state index in [-0.39, 0.29) is 12.5 Å². The van der Waals surface area contributed by atoms with Gasteiger partial charge in [-0.15, -0.1) is 0 Å². The van der Waals surface area contributed by atoms with Crippen LogP contribution in [0.5, 0.6) is 0 Å². The second-order valence-corrected chi connectivity index (χ2v) is 8.62. The molecule has 1 aromatic carbocycles. The van der Waals surface area contributed by atoms with Gasteiger partial charge in [0.1, 0.15) is 6.54 Å². The van der Waals surface area contributed by atoms with Crippen molar-refractivity contribution in [2.75, 3.05) is 11.4 Å². The molecule has 0 spiro atoms. The summed E-state index contributed by atoms with van der Waals surface area (Å²) in [5.74, 6) is -1.17. The lowest BCUT2D eigenvalue weighted by Crippen LogP contribution is -2.35. The molecule has 31 heavy (non-hydrogen) atoms. The van der Waals surface area contributed by atoms with Crippen LogP contribution in [-0.4, -0.2) is 23.5 Å². The van der Waals surface area contributed by atoms with Crippen molar-refractivity contribution in [3.05, 3.63) is 41.4 Å². The molecule has 4 nitrogen and oxygen atoms in total. The van der Waals surface area contributed by atoms with E-state index in [2.05, 4.69) is 19.1 Å². The van der Waals surface area contributed by atoms with Crippen molar-refractivity contribution >= 4 is 29.2 Å². The molecule has 0 bridgehead atoms. The summed E-state index contributed by atoms with van der Waals surface area (Å²) in [6.07, 6.45) is 20.7. The van der Waals surface area contributed by atoms with E-state index in [4.69, 9.17) is 16.7 Å². The molecule has 0 aliphatic carbocycles. The Balaban J connectivity index is 2.11. The van der Waals surface area contributed by atoms with Gasteiger partial charge < -0.3 is 10.0 Å². The number of unbranched alkanes of at least 4 members (excludes halogenated alkanes) is 11. The molecule has 1 aromatic rings. The predicted octanol–water partition coefficient (Wildman–Crippen LogP) is 7.80. The molecular formula is C26H40ClNO3. The van der Waals surface area contributed by atoms with Crippen LogP contribution >= 0.6 is 11.6 Å². The molecule has 0 unspecified atom stereocenters. The number of amides is 1. The van der Waals surface area contributed by atoms with E-state index in [0.717, 1.165) is 25.7 Å². The first-order valence-corrected chi connectivity index (χ1v) is 12.3. The fraction of sp³-hybridized carbons (Fsp3) is 0.615. The number of benzene rings is 1. The monoisotopic (exact) mass is 449 g/mol. The van der Waals surface area contributed by atoms with Crippen molar-refractivity contribution in [2.45, 2.75) is 96.8 Å². The van der Waals surface area contributed by atoms with Crippen LogP contribution in [0.4, 0.5) is 5.69 Å². The minimum Gasteiger partial charge on any atom is -0.480 e. The van der Waals surface area contributed by atoms with Crippen LogP contribution < -0.4 is 4.90 Å². The third-order valence-corrected chi connectivity index (χ3v) is 5.64. The van der Waals surface area contributed by atoms with Gasteiger partial charge in [0.25, 0.3) is 0 Å². The summed E-state index contributed by atoms with van der Waals surface area (Å²) in [7, 11) is 0. The third kappa shape index (κ3) is 14.0. The highest BCUT2D eigenvalue weighted by Gasteiger charge is 2.18. The van der Waals surface area contributed by atoms with Gasteiger partial charge in [-0.25, -0.2) is 0 Å². The van der Waals surface area contributed by atoms with Gasteiger partial charge in [0.05, 0.1) is 0 Å². The van der Waals surface area contributed by atoms with Crippen LogP contribution in [0.2, 0.25) is 5.02 Å². The Kier molecular flexibility index (Phi) is 15.7. The van der Waals surface area contributed by atoms with Crippen molar-refractivity contribution in [2.24, 2.45) is 0 Å². The van der Waals surface area contributed by atoms with Gasteiger partial charge in [-0.1, -0.05) is 82.0 Å². The van der Waals surface area contributed by atoms with Crippen molar-refractivity contribution in [1.29, 1.82) is 0 Å². The minimum absolute atomic E-state index is 0.151. The lowest BCUT2D eigenvalue weighted by molar-refractivity contribution is -0.136. The number of hydrogen-bond acceptors (Lipinski definition) is 2. The van der Waals surface area contributed by atoms with Gasteiger partial charge in [0.2, 0.25) is 5.91 Å². The van der Waals surface area contributed by atoms with E-state index in [0.29, 0.717) is 17.1 Å². The summed E-state index contributed by atoms with van der Waals surface area (Å²) >= 11 is 5.88. The number of rotatable bonds is 18. The number of carboxylic acid groups (broad SMARTS) is 1. The molecular weight excluding hydrogens is 410 g/mol. The number of anilines is 1. The van der Waals surface area contributed by atoms with Gasteiger partial charge in [-0.2, -0.15) is 0 Å². The Morgan fingerprint density at radius 2 is 1.35 bits per heavy atom. The first kappa shape index (κ1) is 27.2. The number of aliphatic carboxylic acids is 1. The molecule has 1 amide bonds. The SMILES string of the molecule is CCCCCCCCC=CCCCCCCCC(=O)N(CC(=O)O)c1ccc(Cl)cc1. The zero-order valence-corrected chi connectivity index (χ0v) is 19.9. The van der Waals surface area contributed by atoms with E-state index in [1.807, 2.05) is 0 Å². The highest BCUT2D eigenvalue weighted by atomic mass is 35.5. The van der Waals surface area contributed by atoms with Gasteiger partial charge in [0.15, 0.2) is 0 Å². The molecule has 5 heteroatoms. The molecule has 0 heterocycles. The van der Waals surface area contributed by atoms with Crippen molar-refractivity contribution in [3.63, 3.8) is 0 Å². The molecule has 0 saturated heterocycles. The number of nitrogens with zero attached hydrogens (tertiary/aromatic N) is 1. The predicted molar refractivity (Wildman–Crippen MR) is 131 cm³/mol. The third-order valence-electron chi connectivity index (χ3n) is 5.39. The average molecular weight is 450 g/mol. The molecule has 0 aromatic heterocycles. The molecule has 0 fully saturated rings. The maximum absolute atomic E-state index is 12.5. The molecule has 0 aliphatic rings. The zero-order valence-electron chi connectivity index (χ0n) is 19.2. The van der Waals surface area contributed by atoms with E-state index < -0.39 is 5.97 Å². The number of hydrogen-bond donors (Lipinski definition) is 1. The summed E-state index contributed by atoms with van der Waals surface area (Å²) in [5, 5.41) is 9.69. The van der Waals surface area contributed by atoms with Crippen LogP contribution in [0.1, 0.15) is 96.8 Å². The lowest BCUT2D eigenvalue weighted by atomic mass is 10.1. The Morgan fingerprint density at radius 3 is 1.90 bits per heavy atom. The van der Waals surface area contributed by atoms with Crippen LogP contribution in [0.15, 0.2) is 36.4 Å². The highest BCUT2D eigenvalue weighted by Crippen LogP contribution is 2.20. The molecule has 174 valence electrons. The van der Waals surface area contributed by atoms with Crippen molar-refractivity contribution in [1.82, 2.24) is 0 Å². The second kappa shape index (κ2) is 17.8.